The summed E-state index contributed by atoms with van der Waals surface area (Å²) in [5.74, 6) is 0.689. The van der Waals surface area contributed by atoms with Gasteiger partial charge in [0, 0.05) is 12.0 Å². The average Bonchev–Trinajstić information content (AvgIpc) is 2.48. The Morgan fingerprint density at radius 2 is 2.38 bits per heavy atom. The van der Waals surface area contributed by atoms with E-state index in [4.69, 9.17) is 4.74 Å². The lowest BCUT2D eigenvalue weighted by molar-refractivity contribution is -0.151. The molecule has 3 heteroatoms. The maximum absolute atomic E-state index is 11.4. The monoisotopic (exact) mass is 183 g/mol. The maximum atomic E-state index is 11.4. The van der Waals surface area contributed by atoms with E-state index < -0.39 is 0 Å². The zero-order chi connectivity index (χ0) is 9.47. The van der Waals surface area contributed by atoms with E-state index in [9.17, 15) is 4.79 Å². The van der Waals surface area contributed by atoms with Crippen molar-refractivity contribution in [3.8, 4) is 0 Å². The number of hydrogen-bond donors (Lipinski definition) is 1. The van der Waals surface area contributed by atoms with Gasteiger partial charge in [-0.05, 0) is 18.8 Å². The molecule has 0 amide bonds. The number of hydrogen-bond acceptors (Lipinski definition) is 3. The van der Waals surface area contributed by atoms with Gasteiger partial charge in [-0.3, -0.25) is 4.79 Å². The van der Waals surface area contributed by atoms with Gasteiger partial charge >= 0.3 is 5.97 Å². The van der Waals surface area contributed by atoms with Crippen LogP contribution in [0.4, 0.5) is 0 Å². The highest BCUT2D eigenvalue weighted by atomic mass is 16.5. The van der Waals surface area contributed by atoms with Crippen LogP contribution >= 0.6 is 0 Å². The van der Waals surface area contributed by atoms with Crippen LogP contribution < -0.4 is 5.32 Å². The van der Waals surface area contributed by atoms with Crippen LogP contribution in [0.15, 0.2) is 0 Å². The number of ether oxygens (including phenoxy) is 1. The second-order valence-corrected chi connectivity index (χ2v) is 4.55. The van der Waals surface area contributed by atoms with Gasteiger partial charge in [0.05, 0.1) is 7.11 Å². The van der Waals surface area contributed by atoms with E-state index in [1.54, 1.807) is 0 Å². The van der Waals surface area contributed by atoms with Gasteiger partial charge < -0.3 is 10.1 Å². The molecule has 13 heavy (non-hydrogen) atoms. The summed E-state index contributed by atoms with van der Waals surface area (Å²) >= 11 is 0. The van der Waals surface area contributed by atoms with Crippen LogP contribution in [0.3, 0.4) is 0 Å². The molecule has 0 aromatic carbocycles. The number of rotatable bonds is 1. The van der Waals surface area contributed by atoms with E-state index in [1.165, 1.54) is 26.4 Å². The Labute approximate surface area is 78.8 Å². The van der Waals surface area contributed by atoms with Crippen molar-refractivity contribution in [3.05, 3.63) is 0 Å². The fourth-order valence-electron chi connectivity index (χ4n) is 2.80. The third-order valence-corrected chi connectivity index (χ3v) is 3.60. The van der Waals surface area contributed by atoms with Crippen LogP contribution in [0.2, 0.25) is 0 Å². The summed E-state index contributed by atoms with van der Waals surface area (Å²) in [5.41, 5.74) is 0.243. The van der Waals surface area contributed by atoms with Crippen molar-refractivity contribution in [2.75, 3.05) is 13.7 Å². The molecule has 1 heterocycles. The third kappa shape index (κ3) is 1.26. The molecular formula is C10H17NO2. The number of carbonyl (C=O) groups is 1. The molecule has 0 aromatic rings. The summed E-state index contributed by atoms with van der Waals surface area (Å²) in [5, 5.41) is 3.17. The minimum absolute atomic E-state index is 0.0255. The van der Waals surface area contributed by atoms with E-state index in [2.05, 4.69) is 12.2 Å². The lowest BCUT2D eigenvalue weighted by Gasteiger charge is -2.46. The smallest absolute Gasteiger partial charge is 0.323 e. The van der Waals surface area contributed by atoms with Gasteiger partial charge in [-0.2, -0.15) is 0 Å². The van der Waals surface area contributed by atoms with E-state index in [0.717, 1.165) is 12.5 Å². The molecule has 1 saturated heterocycles. The summed E-state index contributed by atoms with van der Waals surface area (Å²) in [7, 11) is 1.47. The van der Waals surface area contributed by atoms with Crippen molar-refractivity contribution in [2.45, 2.75) is 32.2 Å². The van der Waals surface area contributed by atoms with Crippen molar-refractivity contribution in [1.29, 1.82) is 0 Å². The van der Waals surface area contributed by atoms with Crippen molar-refractivity contribution in [2.24, 2.45) is 11.3 Å². The minimum Gasteiger partial charge on any atom is -0.468 e. The van der Waals surface area contributed by atoms with Crippen LogP contribution in [-0.4, -0.2) is 25.7 Å². The molecule has 2 rings (SSSR count). The maximum Gasteiger partial charge on any atom is 0.323 e. The SMILES string of the molecule is COC(=O)[C@@H]1NC[C@]12CC[C@@H](C)C2. The van der Waals surface area contributed by atoms with Gasteiger partial charge in [-0.25, -0.2) is 0 Å². The summed E-state index contributed by atoms with van der Waals surface area (Å²) in [4.78, 5) is 11.4. The highest BCUT2D eigenvalue weighted by Crippen LogP contribution is 2.48. The zero-order valence-electron chi connectivity index (χ0n) is 8.30. The average molecular weight is 183 g/mol. The fourth-order valence-corrected chi connectivity index (χ4v) is 2.80. The van der Waals surface area contributed by atoms with Crippen molar-refractivity contribution in [1.82, 2.24) is 5.32 Å². The zero-order valence-corrected chi connectivity index (χ0v) is 8.30. The van der Waals surface area contributed by atoms with Gasteiger partial charge in [0.1, 0.15) is 6.04 Å². The predicted octanol–water partition coefficient (Wildman–Crippen LogP) is 0.938. The second kappa shape index (κ2) is 2.98. The minimum atomic E-state index is -0.0830. The number of nitrogens with one attached hydrogen (secondary N) is 1. The predicted molar refractivity (Wildman–Crippen MR) is 49.3 cm³/mol. The van der Waals surface area contributed by atoms with Crippen molar-refractivity contribution >= 4 is 5.97 Å². The van der Waals surface area contributed by atoms with Crippen LogP contribution in [0.25, 0.3) is 0 Å². The molecule has 0 aromatic heterocycles. The molecule has 3 nitrogen and oxygen atoms in total. The number of methoxy groups -OCH3 is 1. The summed E-state index contributed by atoms with van der Waals surface area (Å²) in [6.45, 7) is 3.26. The van der Waals surface area contributed by atoms with Crippen LogP contribution in [0.5, 0.6) is 0 Å². The third-order valence-electron chi connectivity index (χ3n) is 3.60. The molecule has 0 radical (unpaired) electrons. The van der Waals surface area contributed by atoms with E-state index in [1.807, 2.05) is 0 Å². The molecule has 74 valence electrons. The molecular weight excluding hydrogens is 166 g/mol. The summed E-state index contributed by atoms with van der Waals surface area (Å²) in [6, 6.07) is -0.0255. The highest BCUT2D eigenvalue weighted by Gasteiger charge is 2.53. The largest absolute Gasteiger partial charge is 0.468 e. The molecule has 0 bridgehead atoms. The van der Waals surface area contributed by atoms with Gasteiger partial charge in [-0.15, -0.1) is 0 Å². The molecule has 0 unspecified atom stereocenters. The Morgan fingerprint density at radius 1 is 1.62 bits per heavy atom. The molecule has 1 aliphatic heterocycles. The van der Waals surface area contributed by atoms with Gasteiger partial charge in [0.2, 0.25) is 0 Å². The van der Waals surface area contributed by atoms with Gasteiger partial charge in [0.25, 0.3) is 0 Å². The number of esters is 1. The standard InChI is InChI=1S/C10H17NO2/c1-7-3-4-10(5-7)6-11-8(10)9(12)13-2/h7-8,11H,3-6H2,1-2H3/t7-,8+,10-/m1/s1. The molecule has 2 aliphatic rings. The first-order valence-electron chi connectivity index (χ1n) is 4.99. The lowest BCUT2D eigenvalue weighted by atomic mass is 9.71. The first-order chi connectivity index (χ1) is 6.18. The van der Waals surface area contributed by atoms with E-state index in [-0.39, 0.29) is 17.4 Å². The molecule has 2 fully saturated rings. The fraction of sp³-hybridized carbons (Fsp3) is 0.900. The first kappa shape index (κ1) is 9.00. The Hall–Kier alpha value is -0.570. The topological polar surface area (TPSA) is 38.3 Å². The van der Waals surface area contributed by atoms with Gasteiger partial charge in [0.15, 0.2) is 0 Å². The highest BCUT2D eigenvalue weighted by molar-refractivity contribution is 5.78. The molecule has 1 N–H and O–H groups in total. The van der Waals surface area contributed by atoms with E-state index >= 15 is 0 Å². The van der Waals surface area contributed by atoms with Crippen LogP contribution in [0.1, 0.15) is 26.2 Å². The van der Waals surface area contributed by atoms with Crippen LogP contribution in [-0.2, 0) is 9.53 Å². The normalized spacial score (nSPS) is 43.2. The van der Waals surface area contributed by atoms with Crippen molar-refractivity contribution in [3.63, 3.8) is 0 Å². The summed E-state index contributed by atoms with van der Waals surface area (Å²) < 4.78 is 4.77. The number of carbonyl (C=O) groups excluding carboxylic acids is 1. The Morgan fingerprint density at radius 3 is 2.77 bits per heavy atom. The molecule has 1 spiro atoms. The molecule has 3 atom stereocenters. The van der Waals surface area contributed by atoms with Gasteiger partial charge in [-0.1, -0.05) is 13.3 Å². The molecule has 1 saturated carbocycles. The second-order valence-electron chi connectivity index (χ2n) is 4.55. The van der Waals surface area contributed by atoms with Crippen molar-refractivity contribution < 1.29 is 9.53 Å². The Kier molecular flexibility index (Phi) is 2.06. The lowest BCUT2D eigenvalue weighted by Crippen LogP contribution is -2.65. The van der Waals surface area contributed by atoms with Crippen LogP contribution in [0, 0.1) is 11.3 Å². The Balaban J connectivity index is 2.04. The quantitative estimate of drug-likeness (QED) is 0.615. The summed E-state index contributed by atoms with van der Waals surface area (Å²) in [6.07, 6.45) is 3.62. The first-order valence-corrected chi connectivity index (χ1v) is 4.99. The Bertz CT molecular complexity index is 229. The molecule has 1 aliphatic carbocycles. The van der Waals surface area contributed by atoms with E-state index in [0.29, 0.717) is 0 Å².